The first kappa shape index (κ1) is 14.8. The van der Waals surface area contributed by atoms with Crippen molar-refractivity contribution in [3.8, 4) is 6.07 Å². The molecule has 0 radical (unpaired) electrons. The maximum absolute atomic E-state index is 13.1. The van der Waals surface area contributed by atoms with Gasteiger partial charge in [-0.25, -0.2) is 0 Å². The van der Waals surface area contributed by atoms with Crippen LogP contribution in [0.15, 0.2) is 71.6 Å². The number of hydrogen-bond donors (Lipinski definition) is 1. The Kier molecular flexibility index (Phi) is 3.22. The molecule has 2 heterocycles. The van der Waals surface area contributed by atoms with Crippen LogP contribution in [0, 0.1) is 11.3 Å². The fraction of sp³-hybridized carbons (Fsp3) is 0.0526. The molecule has 6 heteroatoms. The van der Waals surface area contributed by atoms with E-state index >= 15 is 0 Å². The van der Waals surface area contributed by atoms with Crippen molar-refractivity contribution >= 4 is 11.6 Å². The number of Topliss-reactive ketones (excluding diaryl/α,β-unsaturated/α-hetero) is 2. The lowest BCUT2D eigenvalue weighted by molar-refractivity contribution is 0.0897. The molecule has 0 bridgehead atoms. The number of allylic oxidation sites excluding steroid dienone is 3. The van der Waals surface area contributed by atoms with Gasteiger partial charge in [0.1, 0.15) is 11.6 Å². The lowest BCUT2D eigenvalue weighted by atomic mass is 9.76. The predicted octanol–water partition coefficient (Wildman–Crippen LogP) is 2.22. The first-order valence-electron chi connectivity index (χ1n) is 7.53. The molecule has 1 aromatic carbocycles. The van der Waals surface area contributed by atoms with E-state index in [1.807, 2.05) is 6.07 Å². The topological polar surface area (TPSA) is 106 Å². The zero-order valence-electron chi connectivity index (χ0n) is 12.9. The summed E-state index contributed by atoms with van der Waals surface area (Å²) in [4.78, 5) is 29.9. The minimum Gasteiger partial charge on any atom is -0.436 e. The monoisotopic (exact) mass is 329 g/mol. The Bertz CT molecular complexity index is 1030. The number of carbonyl (C=O) groups excluding carboxylic acids is 2. The smallest absolute Gasteiger partial charge is 0.229 e. The minimum atomic E-state index is -0.785. The van der Waals surface area contributed by atoms with E-state index in [1.54, 1.807) is 48.8 Å². The number of nitrogens with two attached hydrogens (primary N) is 1. The number of pyridine rings is 1. The number of rotatable bonds is 1. The number of ether oxygens (including phenoxy) is 1. The van der Waals surface area contributed by atoms with Gasteiger partial charge in [0.15, 0.2) is 11.5 Å². The lowest BCUT2D eigenvalue weighted by Gasteiger charge is -2.30. The number of carbonyl (C=O) groups is 2. The fourth-order valence-electron chi connectivity index (χ4n) is 3.19. The second-order valence-corrected chi connectivity index (χ2v) is 5.66. The zero-order chi connectivity index (χ0) is 17.6. The van der Waals surface area contributed by atoms with E-state index in [1.165, 1.54) is 0 Å². The van der Waals surface area contributed by atoms with Crippen molar-refractivity contribution in [3.63, 3.8) is 0 Å². The molecule has 0 amide bonds. The average Bonchev–Trinajstić information content (AvgIpc) is 2.66. The van der Waals surface area contributed by atoms with Gasteiger partial charge in [0.2, 0.25) is 11.7 Å². The zero-order valence-corrected chi connectivity index (χ0v) is 12.9. The van der Waals surface area contributed by atoms with Gasteiger partial charge in [-0.15, -0.1) is 0 Å². The number of nitriles is 1. The third-order valence-electron chi connectivity index (χ3n) is 4.30. The van der Waals surface area contributed by atoms with Gasteiger partial charge in [0.05, 0.1) is 11.5 Å². The molecule has 1 aliphatic carbocycles. The second kappa shape index (κ2) is 5.42. The SMILES string of the molecule is N#CC1=C(N)OC2=C(C(=O)c3ccccc3C2=O)C1c1cccnc1. The van der Waals surface area contributed by atoms with Crippen LogP contribution in [0.25, 0.3) is 0 Å². The van der Waals surface area contributed by atoms with Crippen LogP contribution in [0.4, 0.5) is 0 Å². The van der Waals surface area contributed by atoms with E-state index in [2.05, 4.69) is 4.98 Å². The average molecular weight is 329 g/mol. The fourth-order valence-corrected chi connectivity index (χ4v) is 3.19. The lowest BCUT2D eigenvalue weighted by Crippen LogP contribution is -2.32. The van der Waals surface area contributed by atoms with Crippen molar-refractivity contribution in [1.82, 2.24) is 4.98 Å². The van der Waals surface area contributed by atoms with Gasteiger partial charge >= 0.3 is 0 Å². The summed E-state index contributed by atoms with van der Waals surface area (Å²) in [5.41, 5.74) is 7.24. The quantitative estimate of drug-likeness (QED) is 0.860. The van der Waals surface area contributed by atoms with E-state index < -0.39 is 11.7 Å². The van der Waals surface area contributed by atoms with E-state index in [9.17, 15) is 14.9 Å². The summed E-state index contributed by atoms with van der Waals surface area (Å²) < 4.78 is 5.41. The normalized spacial score (nSPS) is 19.1. The predicted molar refractivity (Wildman–Crippen MR) is 87.0 cm³/mol. The van der Waals surface area contributed by atoms with Crippen molar-refractivity contribution in [2.24, 2.45) is 5.73 Å². The first-order valence-corrected chi connectivity index (χ1v) is 7.53. The molecule has 0 saturated carbocycles. The largest absolute Gasteiger partial charge is 0.436 e. The van der Waals surface area contributed by atoms with E-state index in [-0.39, 0.29) is 34.1 Å². The van der Waals surface area contributed by atoms with Crippen molar-refractivity contribution in [2.75, 3.05) is 0 Å². The molecule has 2 aromatic rings. The number of hydrogen-bond acceptors (Lipinski definition) is 6. The third-order valence-corrected chi connectivity index (χ3v) is 4.30. The van der Waals surface area contributed by atoms with Gasteiger partial charge in [-0.05, 0) is 11.6 Å². The van der Waals surface area contributed by atoms with E-state index in [4.69, 9.17) is 10.5 Å². The molecule has 2 N–H and O–H groups in total. The molecule has 1 aromatic heterocycles. The van der Waals surface area contributed by atoms with Crippen molar-refractivity contribution < 1.29 is 14.3 Å². The summed E-state index contributed by atoms with van der Waals surface area (Å²) in [7, 11) is 0. The number of benzene rings is 1. The number of fused-ring (bicyclic) bond motifs is 1. The molecule has 120 valence electrons. The maximum atomic E-state index is 13.1. The van der Waals surface area contributed by atoms with Crippen molar-refractivity contribution in [1.29, 1.82) is 5.26 Å². The second-order valence-electron chi connectivity index (χ2n) is 5.66. The third kappa shape index (κ3) is 2.07. The van der Waals surface area contributed by atoms with Gasteiger partial charge < -0.3 is 10.5 Å². The van der Waals surface area contributed by atoms with Crippen molar-refractivity contribution in [3.05, 3.63) is 88.3 Å². The van der Waals surface area contributed by atoms with Crippen LogP contribution < -0.4 is 5.73 Å². The summed E-state index contributed by atoms with van der Waals surface area (Å²) in [5.74, 6) is -1.84. The minimum absolute atomic E-state index is 0.0901. The Hall–Kier alpha value is -3.72. The number of nitrogens with zero attached hydrogens (tertiary/aromatic N) is 2. The van der Waals surface area contributed by atoms with Crippen LogP contribution in [0.1, 0.15) is 32.2 Å². The van der Waals surface area contributed by atoms with Gasteiger partial charge in [-0.1, -0.05) is 30.3 Å². The maximum Gasteiger partial charge on any atom is 0.229 e. The van der Waals surface area contributed by atoms with E-state index in [0.29, 0.717) is 11.1 Å². The molecule has 4 rings (SSSR count). The molecule has 6 nitrogen and oxygen atoms in total. The highest BCUT2D eigenvalue weighted by Crippen LogP contribution is 2.43. The molecule has 1 atom stereocenters. The summed E-state index contributed by atoms with van der Waals surface area (Å²) in [6.45, 7) is 0. The summed E-state index contributed by atoms with van der Waals surface area (Å²) in [6.07, 6.45) is 3.13. The highest BCUT2D eigenvalue weighted by molar-refractivity contribution is 6.27. The van der Waals surface area contributed by atoms with E-state index in [0.717, 1.165) is 0 Å². The van der Waals surface area contributed by atoms with Gasteiger partial charge in [-0.2, -0.15) is 5.26 Å². The Labute approximate surface area is 142 Å². The summed E-state index contributed by atoms with van der Waals surface area (Å²) in [6, 6.07) is 12.0. The molecule has 25 heavy (non-hydrogen) atoms. The molecule has 0 spiro atoms. The molecule has 0 fully saturated rings. The van der Waals surface area contributed by atoms with Crippen LogP contribution in [0.5, 0.6) is 0 Å². The highest BCUT2D eigenvalue weighted by Gasteiger charge is 2.43. The highest BCUT2D eigenvalue weighted by atomic mass is 16.5. The van der Waals surface area contributed by atoms with Crippen LogP contribution in [-0.2, 0) is 4.74 Å². The molecule has 2 aliphatic rings. The van der Waals surface area contributed by atoms with Crippen LogP contribution in [0.3, 0.4) is 0 Å². The van der Waals surface area contributed by atoms with Gasteiger partial charge in [0, 0.05) is 23.5 Å². The Morgan fingerprint density at radius 3 is 2.44 bits per heavy atom. The first-order chi connectivity index (χ1) is 12.1. The van der Waals surface area contributed by atoms with Crippen LogP contribution >= 0.6 is 0 Å². The van der Waals surface area contributed by atoms with Gasteiger partial charge in [0.25, 0.3) is 0 Å². The molecule has 1 unspecified atom stereocenters. The van der Waals surface area contributed by atoms with Crippen LogP contribution in [0.2, 0.25) is 0 Å². The number of aromatic nitrogens is 1. The summed E-state index contributed by atoms with van der Waals surface area (Å²) >= 11 is 0. The molecule has 1 aliphatic heterocycles. The molecule has 0 saturated heterocycles. The Balaban J connectivity index is 1.99. The van der Waals surface area contributed by atoms with Crippen molar-refractivity contribution in [2.45, 2.75) is 5.92 Å². The number of ketones is 2. The summed E-state index contributed by atoms with van der Waals surface area (Å²) in [5, 5.41) is 9.52. The van der Waals surface area contributed by atoms with Gasteiger partial charge in [-0.3, -0.25) is 14.6 Å². The molecular formula is C19H11N3O3. The van der Waals surface area contributed by atoms with Crippen LogP contribution in [-0.4, -0.2) is 16.6 Å². The Morgan fingerprint density at radius 1 is 1.08 bits per heavy atom. The Morgan fingerprint density at radius 2 is 1.80 bits per heavy atom. The standard InChI is InChI=1S/C19H11N3O3/c20-8-13-14(10-4-3-7-22-9-10)15-16(23)11-5-1-2-6-12(11)17(24)18(15)25-19(13)21/h1-7,9,14H,21H2. The molecular weight excluding hydrogens is 318 g/mol.